The van der Waals surface area contributed by atoms with E-state index in [0.717, 1.165) is 18.6 Å². The van der Waals surface area contributed by atoms with Gasteiger partial charge in [-0.2, -0.15) is 26.3 Å². The maximum absolute atomic E-state index is 13.2. The smallest absolute Gasteiger partial charge is 0.316 e. The van der Waals surface area contributed by atoms with Crippen LogP contribution < -0.4 is 5.32 Å². The first-order valence-corrected chi connectivity index (χ1v) is 7.84. The van der Waals surface area contributed by atoms with Gasteiger partial charge in [0.25, 0.3) is 0 Å². The molecular formula is C17H18F6N2. The molecule has 2 rings (SSSR count). The first-order chi connectivity index (χ1) is 11.6. The second kappa shape index (κ2) is 7.19. The Morgan fingerprint density at radius 1 is 1.08 bits per heavy atom. The second-order valence-electron chi connectivity index (χ2n) is 5.90. The van der Waals surface area contributed by atoms with E-state index in [2.05, 4.69) is 10.3 Å². The number of fused-ring (bicyclic) bond motifs is 1. The molecule has 0 saturated carbocycles. The second-order valence-corrected chi connectivity index (χ2v) is 5.90. The van der Waals surface area contributed by atoms with Crippen molar-refractivity contribution in [3.8, 4) is 0 Å². The first-order valence-electron chi connectivity index (χ1n) is 7.84. The summed E-state index contributed by atoms with van der Waals surface area (Å²) in [6, 6.07) is 4.17. The fourth-order valence-electron chi connectivity index (χ4n) is 2.66. The fourth-order valence-corrected chi connectivity index (χ4v) is 2.66. The Labute approximate surface area is 141 Å². The molecule has 2 nitrogen and oxygen atoms in total. The zero-order chi connectivity index (χ0) is 18.8. The third kappa shape index (κ3) is 4.42. The van der Waals surface area contributed by atoms with E-state index in [4.69, 9.17) is 0 Å². The monoisotopic (exact) mass is 364 g/mol. The number of aromatic nitrogens is 1. The third-order valence-electron chi connectivity index (χ3n) is 3.88. The molecule has 0 aliphatic carbocycles. The van der Waals surface area contributed by atoms with Crippen molar-refractivity contribution in [1.29, 1.82) is 0 Å². The lowest BCUT2D eigenvalue weighted by molar-refractivity contribution is -0.142. The number of hydrogen-bond donors (Lipinski definition) is 1. The summed E-state index contributed by atoms with van der Waals surface area (Å²) in [6.07, 6.45) is -8.76. The summed E-state index contributed by atoms with van der Waals surface area (Å²) in [5.41, 5.74) is -2.94. The van der Waals surface area contributed by atoms with Crippen LogP contribution in [-0.2, 0) is 12.4 Å². The first kappa shape index (κ1) is 19.5. The Kier molecular flexibility index (Phi) is 5.61. The molecule has 1 atom stereocenters. The van der Waals surface area contributed by atoms with E-state index in [1.54, 1.807) is 6.92 Å². The van der Waals surface area contributed by atoms with E-state index < -0.39 is 35.0 Å². The van der Waals surface area contributed by atoms with Crippen molar-refractivity contribution >= 4 is 10.9 Å². The molecule has 0 radical (unpaired) electrons. The van der Waals surface area contributed by atoms with Gasteiger partial charge < -0.3 is 5.32 Å². The zero-order valence-electron chi connectivity index (χ0n) is 13.7. The molecule has 8 heteroatoms. The predicted octanol–water partition coefficient (Wildman–Crippen LogP) is 5.38. The number of nitrogens with one attached hydrogen (secondary N) is 1. The maximum atomic E-state index is 13.2. The Balaban J connectivity index is 2.67. The van der Waals surface area contributed by atoms with Gasteiger partial charge in [-0.25, -0.2) is 4.98 Å². The van der Waals surface area contributed by atoms with Crippen LogP contribution in [-0.4, -0.2) is 18.1 Å². The molecule has 0 aliphatic heterocycles. The highest BCUT2D eigenvalue weighted by molar-refractivity contribution is 5.86. The Morgan fingerprint density at radius 3 is 2.32 bits per heavy atom. The highest BCUT2D eigenvalue weighted by atomic mass is 19.4. The van der Waals surface area contributed by atoms with Crippen LogP contribution >= 0.6 is 0 Å². The van der Waals surface area contributed by atoms with Crippen molar-refractivity contribution in [2.75, 3.05) is 13.1 Å². The lowest BCUT2D eigenvalue weighted by atomic mass is 9.94. The molecule has 0 saturated heterocycles. The van der Waals surface area contributed by atoms with Crippen molar-refractivity contribution in [3.63, 3.8) is 0 Å². The zero-order valence-corrected chi connectivity index (χ0v) is 13.7. The van der Waals surface area contributed by atoms with Crippen molar-refractivity contribution in [2.45, 2.75) is 38.5 Å². The van der Waals surface area contributed by atoms with Gasteiger partial charge in [-0.3, -0.25) is 0 Å². The van der Waals surface area contributed by atoms with Crippen molar-refractivity contribution in [2.24, 2.45) is 0 Å². The third-order valence-corrected chi connectivity index (χ3v) is 3.88. The van der Waals surface area contributed by atoms with Crippen LogP contribution in [0.25, 0.3) is 10.9 Å². The van der Waals surface area contributed by atoms with Gasteiger partial charge in [0.15, 0.2) is 0 Å². The molecule has 138 valence electrons. The van der Waals surface area contributed by atoms with E-state index in [1.807, 2.05) is 6.92 Å². The largest absolute Gasteiger partial charge is 0.433 e. The number of alkyl halides is 6. The van der Waals surface area contributed by atoms with E-state index in [1.165, 1.54) is 12.1 Å². The van der Waals surface area contributed by atoms with Crippen LogP contribution in [0.2, 0.25) is 0 Å². The highest BCUT2D eigenvalue weighted by Gasteiger charge is 2.37. The Morgan fingerprint density at radius 2 is 1.76 bits per heavy atom. The molecule has 1 aromatic carbocycles. The number of benzene rings is 1. The highest BCUT2D eigenvalue weighted by Crippen LogP contribution is 2.39. The van der Waals surface area contributed by atoms with Crippen LogP contribution in [0.3, 0.4) is 0 Å². The summed E-state index contributed by atoms with van der Waals surface area (Å²) in [5, 5.41) is 3.17. The topological polar surface area (TPSA) is 24.9 Å². The number of para-hydroxylation sites is 1. The average molecular weight is 364 g/mol. The molecule has 1 aromatic heterocycles. The van der Waals surface area contributed by atoms with Gasteiger partial charge in [-0.1, -0.05) is 26.0 Å². The minimum absolute atomic E-state index is 0.0913. The Hall–Kier alpha value is -1.83. The average Bonchev–Trinajstić information content (AvgIpc) is 2.51. The summed E-state index contributed by atoms with van der Waals surface area (Å²) in [6.45, 7) is 4.66. The lowest BCUT2D eigenvalue weighted by Gasteiger charge is -2.19. The van der Waals surface area contributed by atoms with Gasteiger partial charge in [0, 0.05) is 11.9 Å². The molecule has 0 aliphatic rings. The van der Waals surface area contributed by atoms with E-state index in [0.29, 0.717) is 13.1 Å². The molecule has 0 spiro atoms. The maximum Gasteiger partial charge on any atom is 0.433 e. The predicted molar refractivity (Wildman–Crippen MR) is 83.3 cm³/mol. The number of nitrogens with zero attached hydrogens (tertiary/aromatic N) is 1. The summed E-state index contributed by atoms with van der Waals surface area (Å²) in [7, 11) is 0. The van der Waals surface area contributed by atoms with Gasteiger partial charge in [-0.15, -0.1) is 0 Å². The lowest BCUT2D eigenvalue weighted by Crippen LogP contribution is -2.22. The molecule has 0 amide bonds. The molecule has 2 aromatic rings. The van der Waals surface area contributed by atoms with Crippen LogP contribution in [0, 0.1) is 0 Å². The number of halogens is 6. The minimum Gasteiger partial charge on any atom is -0.316 e. The van der Waals surface area contributed by atoms with Crippen molar-refractivity contribution < 1.29 is 26.3 Å². The summed E-state index contributed by atoms with van der Waals surface area (Å²) in [4.78, 5) is 3.29. The standard InChI is InChI=1S/C17H18F6N2/c1-3-7-24-9-10(2)12-8-14(17(21,22)23)25-15-11(12)5-4-6-13(15)16(18,19)20/h4-6,8,10,24H,3,7,9H2,1-2H3. The summed E-state index contributed by atoms with van der Waals surface area (Å²) in [5.74, 6) is -0.401. The quantitative estimate of drug-likeness (QED) is 0.569. The van der Waals surface area contributed by atoms with Crippen LogP contribution in [0.15, 0.2) is 24.3 Å². The van der Waals surface area contributed by atoms with E-state index in [-0.39, 0.29) is 10.9 Å². The van der Waals surface area contributed by atoms with Crippen molar-refractivity contribution in [1.82, 2.24) is 10.3 Å². The summed E-state index contributed by atoms with van der Waals surface area (Å²) < 4.78 is 79.0. The molecule has 1 heterocycles. The summed E-state index contributed by atoms with van der Waals surface area (Å²) >= 11 is 0. The van der Waals surface area contributed by atoms with Crippen LogP contribution in [0.5, 0.6) is 0 Å². The normalized spacial score (nSPS) is 14.1. The molecule has 0 bridgehead atoms. The Bertz CT molecular complexity index is 736. The molecule has 1 N–H and O–H groups in total. The van der Waals surface area contributed by atoms with E-state index >= 15 is 0 Å². The van der Waals surface area contributed by atoms with Gasteiger partial charge in [0.05, 0.1) is 11.1 Å². The molecule has 1 unspecified atom stereocenters. The number of rotatable bonds is 5. The van der Waals surface area contributed by atoms with E-state index in [9.17, 15) is 26.3 Å². The number of hydrogen-bond acceptors (Lipinski definition) is 2. The van der Waals surface area contributed by atoms with Gasteiger partial charge in [0.1, 0.15) is 5.69 Å². The molecule has 0 fully saturated rings. The minimum atomic E-state index is -4.82. The molecule has 25 heavy (non-hydrogen) atoms. The van der Waals surface area contributed by atoms with Gasteiger partial charge in [-0.05, 0) is 36.6 Å². The van der Waals surface area contributed by atoms with Crippen LogP contribution in [0.1, 0.15) is 43.0 Å². The molecular weight excluding hydrogens is 346 g/mol. The van der Waals surface area contributed by atoms with Gasteiger partial charge in [0.2, 0.25) is 0 Å². The van der Waals surface area contributed by atoms with Gasteiger partial charge >= 0.3 is 12.4 Å². The fraction of sp³-hybridized carbons (Fsp3) is 0.471. The number of pyridine rings is 1. The SMILES string of the molecule is CCCNCC(C)c1cc(C(F)(F)F)nc2c(C(F)(F)F)cccc12. The van der Waals surface area contributed by atoms with Crippen LogP contribution in [0.4, 0.5) is 26.3 Å². The van der Waals surface area contributed by atoms with Crippen molar-refractivity contribution in [3.05, 3.63) is 41.1 Å².